The Labute approximate surface area is 85.9 Å². The van der Waals surface area contributed by atoms with Gasteiger partial charge in [-0.05, 0) is 18.2 Å². The van der Waals surface area contributed by atoms with Gasteiger partial charge in [-0.3, -0.25) is 0 Å². The van der Waals surface area contributed by atoms with Crippen LogP contribution in [0.25, 0.3) is 0 Å². The van der Waals surface area contributed by atoms with Gasteiger partial charge in [0.2, 0.25) is 0 Å². The third-order valence-corrected chi connectivity index (χ3v) is 1.64. The highest BCUT2D eigenvalue weighted by atomic mass is 16.6. The normalized spacial score (nSPS) is 9.53. The van der Waals surface area contributed by atoms with Crippen molar-refractivity contribution < 1.29 is 29.3 Å². The fourth-order valence-corrected chi connectivity index (χ4v) is 1.02. The van der Waals surface area contributed by atoms with Crippen molar-refractivity contribution in [3.8, 4) is 11.5 Å². The van der Waals surface area contributed by atoms with Crippen molar-refractivity contribution in [2.75, 3.05) is 7.11 Å². The zero-order valence-electron chi connectivity index (χ0n) is 7.88. The Hall–Kier alpha value is -1.73. The van der Waals surface area contributed by atoms with E-state index in [0.717, 1.165) is 6.07 Å². The monoisotopic (exact) mass is 212 g/mol. The van der Waals surface area contributed by atoms with Crippen molar-refractivity contribution in [2.24, 2.45) is 0 Å². The highest BCUT2D eigenvalue weighted by Crippen LogP contribution is 2.28. The second-order valence-electron chi connectivity index (χ2n) is 2.61. The Balaban J connectivity index is 3.07. The van der Waals surface area contributed by atoms with E-state index in [1.807, 2.05) is 0 Å². The summed E-state index contributed by atoms with van der Waals surface area (Å²) in [6, 6.07) is 3.82. The minimum absolute atomic E-state index is 0.0357. The summed E-state index contributed by atoms with van der Waals surface area (Å²) in [5.41, 5.74) is -0.0357. The maximum atomic E-state index is 10.6. The van der Waals surface area contributed by atoms with Gasteiger partial charge in [-0.2, -0.15) is 0 Å². The van der Waals surface area contributed by atoms with Crippen LogP contribution in [-0.2, 0) is 0 Å². The molecule has 0 aliphatic heterocycles. The number of aromatic carboxylic acids is 1. The lowest BCUT2D eigenvalue weighted by atomic mass is 10.2. The Bertz CT molecular complexity index is 364. The van der Waals surface area contributed by atoms with Crippen molar-refractivity contribution in [1.29, 1.82) is 0 Å². The largest absolute Gasteiger partial charge is 0.707 e. The number of benzene rings is 1. The zero-order chi connectivity index (χ0) is 11.4. The van der Waals surface area contributed by atoms with Crippen LogP contribution in [0.2, 0.25) is 0 Å². The molecular formula is C8H9BO6. The molecule has 6 nitrogen and oxygen atoms in total. The average molecular weight is 212 g/mol. The summed E-state index contributed by atoms with van der Waals surface area (Å²) in [6.45, 7) is 0. The molecule has 0 radical (unpaired) electrons. The molecule has 0 spiro atoms. The van der Waals surface area contributed by atoms with Crippen LogP contribution < -0.4 is 9.39 Å². The zero-order valence-corrected chi connectivity index (χ0v) is 7.88. The quantitative estimate of drug-likeness (QED) is 0.595. The first-order chi connectivity index (χ1) is 7.04. The van der Waals surface area contributed by atoms with E-state index in [1.54, 1.807) is 0 Å². The number of hydrogen-bond donors (Lipinski definition) is 3. The van der Waals surface area contributed by atoms with Crippen LogP contribution in [0.3, 0.4) is 0 Å². The van der Waals surface area contributed by atoms with Crippen molar-refractivity contribution in [2.45, 2.75) is 0 Å². The summed E-state index contributed by atoms with van der Waals surface area (Å²) < 4.78 is 9.39. The molecule has 0 aliphatic rings. The first kappa shape index (κ1) is 11.4. The lowest BCUT2D eigenvalue weighted by Crippen LogP contribution is -2.21. The van der Waals surface area contributed by atoms with Crippen LogP contribution in [0.5, 0.6) is 11.5 Å². The summed E-state index contributed by atoms with van der Waals surface area (Å²) in [7, 11) is -0.671. The van der Waals surface area contributed by atoms with Crippen molar-refractivity contribution in [1.82, 2.24) is 0 Å². The van der Waals surface area contributed by atoms with E-state index in [2.05, 4.69) is 4.65 Å². The van der Waals surface area contributed by atoms with Gasteiger partial charge in [-0.25, -0.2) is 4.79 Å². The predicted molar refractivity (Wildman–Crippen MR) is 50.8 cm³/mol. The highest BCUT2D eigenvalue weighted by Gasteiger charge is 2.16. The van der Waals surface area contributed by atoms with Crippen LogP contribution >= 0.6 is 0 Å². The first-order valence-electron chi connectivity index (χ1n) is 3.98. The molecular weight excluding hydrogens is 203 g/mol. The molecule has 1 aromatic rings. The minimum atomic E-state index is -2.03. The van der Waals surface area contributed by atoms with Gasteiger partial charge in [-0.1, -0.05) is 0 Å². The number of methoxy groups -OCH3 is 1. The first-order valence-corrected chi connectivity index (χ1v) is 3.98. The number of ether oxygens (including phenoxy) is 1. The van der Waals surface area contributed by atoms with E-state index >= 15 is 0 Å². The molecule has 0 amide bonds. The number of rotatable bonds is 4. The molecule has 0 atom stereocenters. The van der Waals surface area contributed by atoms with Crippen LogP contribution in [-0.4, -0.2) is 35.6 Å². The lowest BCUT2D eigenvalue weighted by molar-refractivity contribution is 0.0696. The third-order valence-electron chi connectivity index (χ3n) is 1.64. The molecule has 0 fully saturated rings. The second-order valence-corrected chi connectivity index (χ2v) is 2.61. The Kier molecular flexibility index (Phi) is 3.54. The third kappa shape index (κ3) is 2.86. The Morgan fingerprint density at radius 2 is 2.00 bits per heavy atom. The lowest BCUT2D eigenvalue weighted by Gasteiger charge is -2.10. The smallest absolute Gasteiger partial charge is 0.509 e. The molecule has 0 unspecified atom stereocenters. The molecule has 0 heterocycles. The molecule has 0 bridgehead atoms. The predicted octanol–water partition coefficient (Wildman–Crippen LogP) is -0.258. The van der Waals surface area contributed by atoms with E-state index in [-0.39, 0.29) is 17.1 Å². The minimum Gasteiger partial charge on any atom is -0.509 e. The summed E-state index contributed by atoms with van der Waals surface area (Å²) >= 11 is 0. The van der Waals surface area contributed by atoms with Crippen molar-refractivity contribution in [3.05, 3.63) is 23.8 Å². The van der Waals surface area contributed by atoms with Crippen molar-refractivity contribution >= 4 is 13.3 Å². The molecule has 0 aliphatic carbocycles. The van der Waals surface area contributed by atoms with Gasteiger partial charge in [0, 0.05) is 0 Å². The summed E-state index contributed by atoms with van der Waals surface area (Å²) in [4.78, 5) is 10.6. The van der Waals surface area contributed by atoms with Gasteiger partial charge < -0.3 is 24.5 Å². The van der Waals surface area contributed by atoms with E-state index in [9.17, 15) is 4.79 Å². The van der Waals surface area contributed by atoms with Gasteiger partial charge in [0.15, 0.2) is 5.75 Å². The van der Waals surface area contributed by atoms with Gasteiger partial charge in [0.05, 0.1) is 12.7 Å². The van der Waals surface area contributed by atoms with Gasteiger partial charge in [0.25, 0.3) is 0 Å². The summed E-state index contributed by atoms with van der Waals surface area (Å²) in [6.07, 6.45) is 0. The van der Waals surface area contributed by atoms with Crippen LogP contribution in [0, 0.1) is 0 Å². The van der Waals surface area contributed by atoms with E-state index in [1.165, 1.54) is 19.2 Å². The molecule has 0 saturated carbocycles. The maximum absolute atomic E-state index is 10.6. The number of carboxylic acids is 1. The molecule has 0 aromatic heterocycles. The average Bonchev–Trinajstić information content (AvgIpc) is 2.16. The number of hydrogen-bond acceptors (Lipinski definition) is 5. The van der Waals surface area contributed by atoms with Crippen LogP contribution in [0.4, 0.5) is 0 Å². The topological polar surface area (TPSA) is 96.2 Å². The summed E-state index contributed by atoms with van der Waals surface area (Å²) in [5.74, 6) is -0.976. The molecule has 80 valence electrons. The molecule has 1 rings (SSSR count). The molecule has 15 heavy (non-hydrogen) atoms. The fourth-order valence-electron chi connectivity index (χ4n) is 1.02. The Morgan fingerprint density at radius 1 is 1.33 bits per heavy atom. The second kappa shape index (κ2) is 4.67. The standard InChI is InChI=1S/C8H9BO6/c1-14-6-3-2-5(8(10)11)4-7(6)15-9(12)13/h2-4,12-13H,1H3,(H,10,11). The molecule has 1 aromatic carbocycles. The fraction of sp³-hybridized carbons (Fsp3) is 0.125. The molecule has 7 heteroatoms. The number of carbonyl (C=O) groups is 1. The number of carboxylic acid groups (broad SMARTS) is 1. The van der Waals surface area contributed by atoms with E-state index in [4.69, 9.17) is 19.9 Å². The van der Waals surface area contributed by atoms with Gasteiger partial charge in [0.1, 0.15) is 5.75 Å². The van der Waals surface area contributed by atoms with Gasteiger partial charge in [-0.15, -0.1) is 0 Å². The molecule has 0 saturated heterocycles. The molecule has 3 N–H and O–H groups in total. The van der Waals surface area contributed by atoms with Gasteiger partial charge >= 0.3 is 13.3 Å². The van der Waals surface area contributed by atoms with E-state index < -0.39 is 13.3 Å². The highest BCUT2D eigenvalue weighted by molar-refractivity contribution is 6.33. The van der Waals surface area contributed by atoms with Crippen LogP contribution in [0.1, 0.15) is 10.4 Å². The summed E-state index contributed by atoms with van der Waals surface area (Å²) in [5, 5.41) is 25.9. The van der Waals surface area contributed by atoms with Crippen LogP contribution in [0.15, 0.2) is 18.2 Å². The van der Waals surface area contributed by atoms with Crippen molar-refractivity contribution in [3.63, 3.8) is 0 Å². The van der Waals surface area contributed by atoms with E-state index in [0.29, 0.717) is 0 Å². The maximum Gasteiger partial charge on any atom is 0.707 e. The SMILES string of the molecule is COc1ccc(C(=O)O)cc1OB(O)O. The Morgan fingerprint density at radius 3 is 2.47 bits per heavy atom.